The third kappa shape index (κ3) is 1.57. The van der Waals surface area contributed by atoms with Crippen LogP contribution in [0.4, 0.5) is 0 Å². The molecule has 1 aliphatic heterocycles. The van der Waals surface area contributed by atoms with Crippen molar-refractivity contribution >= 4 is 0 Å². The van der Waals surface area contributed by atoms with E-state index >= 15 is 0 Å². The van der Waals surface area contributed by atoms with Gasteiger partial charge in [-0.05, 0) is 38.1 Å². The van der Waals surface area contributed by atoms with Gasteiger partial charge in [-0.15, -0.1) is 6.42 Å². The van der Waals surface area contributed by atoms with E-state index < -0.39 is 0 Å². The van der Waals surface area contributed by atoms with Gasteiger partial charge in [0.15, 0.2) is 0 Å². The second-order valence-electron chi connectivity index (χ2n) is 3.76. The van der Waals surface area contributed by atoms with Crippen LogP contribution in [-0.2, 0) is 0 Å². The molecule has 60 valence electrons. The summed E-state index contributed by atoms with van der Waals surface area (Å²) in [5.41, 5.74) is 0. The second-order valence-corrected chi connectivity index (χ2v) is 3.76. The van der Waals surface area contributed by atoms with Gasteiger partial charge < -0.3 is 0 Å². The Bertz CT molecular complexity index is 176. The first-order valence-electron chi connectivity index (χ1n) is 4.60. The molecule has 0 amide bonds. The zero-order valence-corrected chi connectivity index (χ0v) is 6.92. The Balaban J connectivity index is 1.85. The van der Waals surface area contributed by atoms with E-state index in [-0.39, 0.29) is 0 Å². The first kappa shape index (κ1) is 7.18. The van der Waals surface area contributed by atoms with Gasteiger partial charge in [0.1, 0.15) is 0 Å². The highest BCUT2D eigenvalue weighted by molar-refractivity contribution is 5.03. The lowest BCUT2D eigenvalue weighted by atomic mass is 10.2. The van der Waals surface area contributed by atoms with Crippen LogP contribution in [0.3, 0.4) is 0 Å². The molecule has 2 aliphatic rings. The van der Waals surface area contributed by atoms with Crippen LogP contribution in [0.1, 0.15) is 25.7 Å². The van der Waals surface area contributed by atoms with Crippen molar-refractivity contribution in [1.29, 1.82) is 0 Å². The zero-order valence-electron chi connectivity index (χ0n) is 6.92. The summed E-state index contributed by atoms with van der Waals surface area (Å²) in [5, 5.41) is 0. The van der Waals surface area contributed by atoms with Crippen molar-refractivity contribution in [2.45, 2.75) is 31.7 Å². The van der Waals surface area contributed by atoms with Gasteiger partial charge in [-0.1, -0.05) is 5.92 Å². The molecule has 1 saturated carbocycles. The smallest absolute Gasteiger partial charge is 0.0712 e. The molecule has 1 heterocycles. The fourth-order valence-corrected chi connectivity index (χ4v) is 1.87. The average molecular weight is 149 g/mol. The number of hydrogen-bond donors (Lipinski definition) is 0. The third-order valence-corrected chi connectivity index (χ3v) is 2.75. The molecule has 0 aromatic heterocycles. The maximum Gasteiger partial charge on any atom is 0.0712 e. The molecule has 0 N–H and O–H groups in total. The van der Waals surface area contributed by atoms with Gasteiger partial charge in [-0.3, -0.25) is 4.90 Å². The molecule has 11 heavy (non-hydrogen) atoms. The number of nitrogens with zero attached hydrogens (tertiary/aromatic N) is 1. The standard InChI is InChI=1S/C10H15N/c1-2-10-4-3-7-11(10)8-9-5-6-9/h1,9-10H,3-8H2. The molecule has 0 radical (unpaired) electrons. The van der Waals surface area contributed by atoms with Gasteiger partial charge >= 0.3 is 0 Å². The van der Waals surface area contributed by atoms with E-state index in [1.807, 2.05) is 0 Å². The van der Waals surface area contributed by atoms with Crippen LogP contribution in [0, 0.1) is 18.3 Å². The lowest BCUT2D eigenvalue weighted by molar-refractivity contribution is 0.284. The molecule has 2 rings (SSSR count). The van der Waals surface area contributed by atoms with Crippen LogP contribution in [-0.4, -0.2) is 24.0 Å². The Morgan fingerprint density at radius 1 is 1.36 bits per heavy atom. The second kappa shape index (κ2) is 2.87. The minimum atomic E-state index is 0.468. The van der Waals surface area contributed by atoms with Crippen molar-refractivity contribution in [3.63, 3.8) is 0 Å². The lowest BCUT2D eigenvalue weighted by Gasteiger charge is -2.19. The van der Waals surface area contributed by atoms with Crippen molar-refractivity contribution in [2.75, 3.05) is 13.1 Å². The Labute approximate surface area is 68.8 Å². The summed E-state index contributed by atoms with van der Waals surface area (Å²) in [5.74, 6) is 3.86. The molecule has 0 aromatic carbocycles. The number of hydrogen-bond acceptors (Lipinski definition) is 1. The van der Waals surface area contributed by atoms with E-state index in [2.05, 4.69) is 10.8 Å². The van der Waals surface area contributed by atoms with E-state index in [0.29, 0.717) is 6.04 Å². The number of rotatable bonds is 2. The van der Waals surface area contributed by atoms with Crippen LogP contribution in [0.25, 0.3) is 0 Å². The van der Waals surface area contributed by atoms with Crippen LogP contribution >= 0.6 is 0 Å². The summed E-state index contributed by atoms with van der Waals surface area (Å²) in [4.78, 5) is 2.48. The predicted molar refractivity (Wildman–Crippen MR) is 46.2 cm³/mol. The quantitative estimate of drug-likeness (QED) is 0.538. The van der Waals surface area contributed by atoms with Crippen LogP contribution in [0.2, 0.25) is 0 Å². The van der Waals surface area contributed by atoms with Crippen LogP contribution < -0.4 is 0 Å². The monoisotopic (exact) mass is 149 g/mol. The van der Waals surface area contributed by atoms with E-state index in [4.69, 9.17) is 6.42 Å². The Kier molecular flexibility index (Phi) is 1.87. The minimum absolute atomic E-state index is 0.468. The fourth-order valence-electron chi connectivity index (χ4n) is 1.87. The molecule has 1 saturated heterocycles. The molecular formula is C10H15N. The van der Waals surface area contributed by atoms with Gasteiger partial charge in [0.05, 0.1) is 6.04 Å². The predicted octanol–water partition coefficient (Wildman–Crippen LogP) is 1.49. The van der Waals surface area contributed by atoms with Gasteiger partial charge in [-0.2, -0.15) is 0 Å². The summed E-state index contributed by atoms with van der Waals surface area (Å²) < 4.78 is 0. The normalized spacial score (nSPS) is 32.1. The summed E-state index contributed by atoms with van der Waals surface area (Å²) >= 11 is 0. The molecule has 0 bridgehead atoms. The van der Waals surface area contributed by atoms with Crippen LogP contribution in [0.5, 0.6) is 0 Å². The molecule has 1 aliphatic carbocycles. The van der Waals surface area contributed by atoms with Crippen molar-refractivity contribution < 1.29 is 0 Å². The van der Waals surface area contributed by atoms with E-state index in [1.54, 1.807) is 0 Å². The Hall–Kier alpha value is -0.480. The van der Waals surface area contributed by atoms with Crippen molar-refractivity contribution in [2.24, 2.45) is 5.92 Å². The minimum Gasteiger partial charge on any atom is -0.290 e. The maximum atomic E-state index is 5.43. The Morgan fingerprint density at radius 2 is 2.18 bits per heavy atom. The molecule has 2 fully saturated rings. The number of terminal acetylenes is 1. The molecular weight excluding hydrogens is 134 g/mol. The zero-order chi connectivity index (χ0) is 7.68. The summed E-state index contributed by atoms with van der Waals surface area (Å²) in [6, 6.07) is 0.468. The van der Waals surface area contributed by atoms with E-state index in [0.717, 1.165) is 5.92 Å². The highest BCUT2D eigenvalue weighted by Crippen LogP contribution is 2.32. The first-order valence-corrected chi connectivity index (χ1v) is 4.60. The van der Waals surface area contributed by atoms with E-state index in [1.165, 1.54) is 38.8 Å². The van der Waals surface area contributed by atoms with E-state index in [9.17, 15) is 0 Å². The van der Waals surface area contributed by atoms with Gasteiger partial charge in [0.2, 0.25) is 0 Å². The number of likely N-dealkylation sites (tertiary alicyclic amines) is 1. The van der Waals surface area contributed by atoms with Gasteiger partial charge in [0.25, 0.3) is 0 Å². The first-order chi connectivity index (χ1) is 5.40. The molecule has 0 aromatic rings. The van der Waals surface area contributed by atoms with Crippen LogP contribution in [0.15, 0.2) is 0 Å². The topological polar surface area (TPSA) is 3.24 Å². The van der Waals surface area contributed by atoms with Crippen molar-refractivity contribution in [1.82, 2.24) is 4.90 Å². The molecule has 0 spiro atoms. The summed E-state index contributed by atoms with van der Waals surface area (Å²) in [6.45, 7) is 2.51. The maximum absolute atomic E-state index is 5.43. The molecule has 1 nitrogen and oxygen atoms in total. The summed E-state index contributed by atoms with van der Waals surface area (Å²) in [6.07, 6.45) is 10.8. The molecule has 1 unspecified atom stereocenters. The highest BCUT2D eigenvalue weighted by Gasteiger charge is 2.29. The lowest BCUT2D eigenvalue weighted by Crippen LogP contribution is -2.29. The highest BCUT2D eigenvalue weighted by atomic mass is 15.2. The average Bonchev–Trinajstić information content (AvgIpc) is 2.68. The van der Waals surface area contributed by atoms with Gasteiger partial charge in [-0.25, -0.2) is 0 Å². The summed E-state index contributed by atoms with van der Waals surface area (Å²) in [7, 11) is 0. The van der Waals surface area contributed by atoms with Crippen molar-refractivity contribution in [3.8, 4) is 12.3 Å². The molecule has 1 atom stereocenters. The van der Waals surface area contributed by atoms with Gasteiger partial charge in [0, 0.05) is 6.54 Å². The SMILES string of the molecule is C#CC1CCCN1CC1CC1. The third-order valence-electron chi connectivity index (χ3n) is 2.75. The molecule has 1 heteroatoms. The Morgan fingerprint density at radius 3 is 2.82 bits per heavy atom. The van der Waals surface area contributed by atoms with Crippen molar-refractivity contribution in [3.05, 3.63) is 0 Å². The fraction of sp³-hybridized carbons (Fsp3) is 0.800. The largest absolute Gasteiger partial charge is 0.290 e.